The zero-order chi connectivity index (χ0) is 22.4. The monoisotopic (exact) mass is 423 g/mol. The Balaban J connectivity index is 1.63. The van der Waals surface area contributed by atoms with Gasteiger partial charge in [-0.1, -0.05) is 61.0 Å². The second-order valence-electron chi connectivity index (χ2n) is 8.14. The van der Waals surface area contributed by atoms with E-state index in [2.05, 4.69) is 60.8 Å². The zero-order valence-corrected chi connectivity index (χ0v) is 18.7. The first-order chi connectivity index (χ1) is 15.0. The van der Waals surface area contributed by atoms with Crippen molar-refractivity contribution in [2.24, 2.45) is 0 Å². The van der Waals surface area contributed by atoms with Crippen LogP contribution in [0.2, 0.25) is 0 Å². The summed E-state index contributed by atoms with van der Waals surface area (Å²) in [5, 5.41) is 12.7. The minimum Gasteiger partial charge on any atom is -0.394 e. The highest BCUT2D eigenvalue weighted by atomic mass is 16.3. The highest BCUT2D eigenvalue weighted by molar-refractivity contribution is 5.85. The molecule has 3 rings (SSSR count). The summed E-state index contributed by atoms with van der Waals surface area (Å²) in [4.78, 5) is 28.2. The summed E-state index contributed by atoms with van der Waals surface area (Å²) in [5.74, 6) is -0.0234. The van der Waals surface area contributed by atoms with E-state index in [4.69, 9.17) is 0 Å². The first-order valence-corrected chi connectivity index (χ1v) is 11.1. The number of hydrogen-bond acceptors (Lipinski definition) is 3. The molecule has 0 aromatic heterocycles. The molecule has 1 heterocycles. The fourth-order valence-corrected chi connectivity index (χ4v) is 4.06. The Hall–Kier alpha value is -2.86. The second kappa shape index (κ2) is 10.4. The van der Waals surface area contributed by atoms with Gasteiger partial charge in [-0.05, 0) is 37.0 Å². The predicted octanol–water partition coefficient (Wildman–Crippen LogP) is 3.39. The van der Waals surface area contributed by atoms with Crippen molar-refractivity contribution < 1.29 is 14.7 Å². The Labute approximate surface area is 184 Å². The minimum atomic E-state index is -0.255. The normalized spacial score (nSPS) is 17.7. The number of benzene rings is 2. The molecular formula is C25H33N3O3. The van der Waals surface area contributed by atoms with Gasteiger partial charge in [-0.15, -0.1) is 0 Å². The van der Waals surface area contributed by atoms with Crippen molar-refractivity contribution in [1.29, 1.82) is 0 Å². The summed E-state index contributed by atoms with van der Waals surface area (Å²) in [5.41, 5.74) is 4.67. The lowest BCUT2D eigenvalue weighted by Gasteiger charge is -2.48. The first kappa shape index (κ1) is 22.8. The predicted molar refractivity (Wildman–Crippen MR) is 123 cm³/mol. The molecule has 31 heavy (non-hydrogen) atoms. The standard InChI is InChI=1S/C25H33N3O3/c1-4-13-26-25(31)27(5-2)16-24(30)28-15-22(23(28)17-29)20-11-9-19(10-12-20)21-8-6-7-18(3)14-21/h6-12,14,22-23,29H,4-5,13,15-17H2,1-3H3,(H,26,31)/t22-,23-/m1/s1. The van der Waals surface area contributed by atoms with E-state index < -0.39 is 0 Å². The molecule has 1 aliphatic heterocycles. The van der Waals surface area contributed by atoms with Gasteiger partial charge in [0.1, 0.15) is 6.54 Å². The summed E-state index contributed by atoms with van der Waals surface area (Å²) >= 11 is 0. The van der Waals surface area contributed by atoms with Gasteiger partial charge >= 0.3 is 6.03 Å². The van der Waals surface area contributed by atoms with Gasteiger partial charge in [-0.25, -0.2) is 4.79 Å². The van der Waals surface area contributed by atoms with Crippen molar-refractivity contribution >= 4 is 11.9 Å². The molecule has 6 nitrogen and oxygen atoms in total. The Kier molecular flexibility index (Phi) is 7.69. The third-order valence-corrected chi connectivity index (χ3v) is 5.98. The molecule has 2 atom stereocenters. The number of urea groups is 1. The lowest BCUT2D eigenvalue weighted by atomic mass is 9.82. The molecule has 1 saturated heterocycles. The number of hydrogen-bond donors (Lipinski definition) is 2. The maximum absolute atomic E-state index is 12.8. The molecular weight excluding hydrogens is 390 g/mol. The third-order valence-electron chi connectivity index (χ3n) is 5.98. The van der Waals surface area contributed by atoms with E-state index in [1.54, 1.807) is 4.90 Å². The highest BCUT2D eigenvalue weighted by Gasteiger charge is 2.42. The minimum absolute atomic E-state index is 0.0293. The number of amides is 3. The van der Waals surface area contributed by atoms with Crippen LogP contribution in [0, 0.1) is 6.92 Å². The molecule has 0 spiro atoms. The molecule has 3 amide bonds. The largest absolute Gasteiger partial charge is 0.394 e. The van der Waals surface area contributed by atoms with E-state index in [1.807, 2.05) is 13.8 Å². The van der Waals surface area contributed by atoms with E-state index in [9.17, 15) is 14.7 Å². The number of aliphatic hydroxyl groups is 1. The topological polar surface area (TPSA) is 72.9 Å². The lowest BCUT2D eigenvalue weighted by Crippen LogP contribution is -2.61. The number of likely N-dealkylation sites (tertiary alicyclic amines) is 1. The molecule has 0 saturated carbocycles. The van der Waals surface area contributed by atoms with Crippen molar-refractivity contribution in [3.63, 3.8) is 0 Å². The molecule has 2 aromatic rings. The SMILES string of the molecule is CCCNC(=O)N(CC)CC(=O)N1C[C@H](c2ccc(-c3cccc(C)c3)cc2)[C@H]1CO. The van der Waals surface area contributed by atoms with E-state index in [0.717, 1.165) is 17.5 Å². The van der Waals surface area contributed by atoms with Gasteiger partial charge in [-0.2, -0.15) is 0 Å². The number of aryl methyl sites for hydroxylation is 1. The van der Waals surface area contributed by atoms with Crippen molar-refractivity contribution in [2.75, 3.05) is 32.8 Å². The average molecular weight is 424 g/mol. The van der Waals surface area contributed by atoms with E-state index >= 15 is 0 Å². The summed E-state index contributed by atoms with van der Waals surface area (Å²) in [6.45, 7) is 7.47. The van der Waals surface area contributed by atoms with Crippen LogP contribution in [0.4, 0.5) is 4.79 Å². The van der Waals surface area contributed by atoms with Crippen LogP contribution >= 0.6 is 0 Å². The van der Waals surface area contributed by atoms with Crippen LogP contribution in [0.1, 0.15) is 37.3 Å². The summed E-state index contributed by atoms with van der Waals surface area (Å²) in [7, 11) is 0. The maximum Gasteiger partial charge on any atom is 0.317 e. The average Bonchev–Trinajstić information content (AvgIpc) is 2.76. The molecule has 0 unspecified atom stereocenters. The zero-order valence-electron chi connectivity index (χ0n) is 18.7. The molecule has 2 N–H and O–H groups in total. The van der Waals surface area contributed by atoms with Crippen LogP contribution in [0.15, 0.2) is 48.5 Å². The number of nitrogens with zero attached hydrogens (tertiary/aromatic N) is 2. The highest BCUT2D eigenvalue weighted by Crippen LogP contribution is 2.35. The quantitative estimate of drug-likeness (QED) is 0.684. The molecule has 166 valence electrons. The van der Waals surface area contributed by atoms with Crippen LogP contribution in [-0.4, -0.2) is 65.7 Å². The van der Waals surface area contributed by atoms with Crippen molar-refractivity contribution in [3.05, 3.63) is 59.7 Å². The van der Waals surface area contributed by atoms with E-state index in [1.165, 1.54) is 16.0 Å². The molecule has 0 radical (unpaired) electrons. The molecule has 6 heteroatoms. The maximum atomic E-state index is 12.8. The Morgan fingerprint density at radius 3 is 2.48 bits per heavy atom. The Bertz CT molecular complexity index is 897. The van der Waals surface area contributed by atoms with Crippen molar-refractivity contribution in [1.82, 2.24) is 15.1 Å². The van der Waals surface area contributed by atoms with Gasteiger partial charge in [0.25, 0.3) is 0 Å². The Morgan fingerprint density at radius 2 is 1.87 bits per heavy atom. The van der Waals surface area contributed by atoms with Gasteiger partial charge in [0.15, 0.2) is 0 Å². The van der Waals surface area contributed by atoms with Gasteiger partial charge in [0.05, 0.1) is 12.6 Å². The molecule has 0 aliphatic carbocycles. The summed E-state index contributed by atoms with van der Waals surface area (Å²) in [6.07, 6.45) is 0.848. The first-order valence-electron chi connectivity index (χ1n) is 11.1. The number of rotatable bonds is 8. The van der Waals surface area contributed by atoms with Gasteiger partial charge in [-0.3, -0.25) is 4.79 Å². The molecule has 1 fully saturated rings. The Morgan fingerprint density at radius 1 is 1.13 bits per heavy atom. The summed E-state index contributed by atoms with van der Waals surface area (Å²) in [6, 6.07) is 16.3. The van der Waals surface area contributed by atoms with Crippen LogP contribution in [0.5, 0.6) is 0 Å². The summed E-state index contributed by atoms with van der Waals surface area (Å²) < 4.78 is 0. The van der Waals surface area contributed by atoms with Crippen LogP contribution in [0.25, 0.3) is 11.1 Å². The third kappa shape index (κ3) is 5.25. The van der Waals surface area contributed by atoms with Gasteiger partial charge in [0, 0.05) is 25.6 Å². The van der Waals surface area contributed by atoms with Crippen LogP contribution < -0.4 is 5.32 Å². The number of aliphatic hydroxyl groups excluding tert-OH is 1. The fourth-order valence-electron chi connectivity index (χ4n) is 4.06. The molecule has 2 aromatic carbocycles. The second-order valence-corrected chi connectivity index (χ2v) is 8.14. The fraction of sp³-hybridized carbons (Fsp3) is 0.440. The smallest absolute Gasteiger partial charge is 0.317 e. The van der Waals surface area contributed by atoms with E-state index in [-0.39, 0.29) is 37.0 Å². The van der Waals surface area contributed by atoms with Gasteiger partial charge < -0.3 is 20.2 Å². The molecule has 1 aliphatic rings. The lowest BCUT2D eigenvalue weighted by molar-refractivity contribution is -0.143. The van der Waals surface area contributed by atoms with E-state index in [0.29, 0.717) is 19.6 Å². The molecule has 0 bridgehead atoms. The number of nitrogens with one attached hydrogen (secondary N) is 1. The van der Waals surface area contributed by atoms with Gasteiger partial charge in [0.2, 0.25) is 5.91 Å². The van der Waals surface area contributed by atoms with Crippen LogP contribution in [0.3, 0.4) is 0 Å². The number of carbonyl (C=O) groups is 2. The van der Waals surface area contributed by atoms with Crippen molar-refractivity contribution in [3.8, 4) is 11.1 Å². The van der Waals surface area contributed by atoms with Crippen LogP contribution in [-0.2, 0) is 4.79 Å². The van der Waals surface area contributed by atoms with Crippen molar-refractivity contribution in [2.45, 2.75) is 39.2 Å². The number of carbonyl (C=O) groups excluding carboxylic acids is 2. The number of likely N-dealkylation sites (N-methyl/N-ethyl adjacent to an activating group) is 1.